The zero-order valence-corrected chi connectivity index (χ0v) is 10.3. The summed E-state index contributed by atoms with van der Waals surface area (Å²) in [5, 5.41) is 5.98. The van der Waals surface area contributed by atoms with Gasteiger partial charge in [-0.2, -0.15) is 0 Å². The second-order valence-electron chi connectivity index (χ2n) is 4.11. The van der Waals surface area contributed by atoms with E-state index in [-0.39, 0.29) is 11.9 Å². The van der Waals surface area contributed by atoms with Gasteiger partial charge in [0.15, 0.2) is 0 Å². The molecule has 0 spiro atoms. The standard InChI is InChI=1S/C12H21N3O/c1-4-15-7-5-6-11(15)8-13-9-12(16)14-10(2)3/h5-7,10,13H,4,8-9H2,1-3H3,(H,14,16). The van der Waals surface area contributed by atoms with Crippen LogP contribution in [0.1, 0.15) is 26.5 Å². The maximum absolute atomic E-state index is 11.4. The van der Waals surface area contributed by atoms with Crippen molar-refractivity contribution in [3.8, 4) is 0 Å². The van der Waals surface area contributed by atoms with E-state index in [2.05, 4.69) is 28.2 Å². The molecule has 0 atom stereocenters. The Morgan fingerprint density at radius 1 is 1.50 bits per heavy atom. The van der Waals surface area contributed by atoms with Crippen molar-refractivity contribution in [3.63, 3.8) is 0 Å². The van der Waals surface area contributed by atoms with E-state index in [1.165, 1.54) is 5.69 Å². The molecule has 0 unspecified atom stereocenters. The molecule has 0 saturated heterocycles. The number of hydrogen-bond acceptors (Lipinski definition) is 2. The number of nitrogens with zero attached hydrogens (tertiary/aromatic N) is 1. The first-order chi connectivity index (χ1) is 7.63. The molecular formula is C12H21N3O. The quantitative estimate of drug-likeness (QED) is 0.759. The molecule has 90 valence electrons. The Bertz CT molecular complexity index is 331. The lowest BCUT2D eigenvalue weighted by molar-refractivity contribution is -0.120. The summed E-state index contributed by atoms with van der Waals surface area (Å²) in [5.41, 5.74) is 1.21. The van der Waals surface area contributed by atoms with E-state index in [9.17, 15) is 4.79 Å². The number of aryl methyl sites for hydroxylation is 1. The van der Waals surface area contributed by atoms with Crippen LogP contribution in [0.15, 0.2) is 18.3 Å². The lowest BCUT2D eigenvalue weighted by Crippen LogP contribution is -2.37. The molecule has 1 aromatic rings. The van der Waals surface area contributed by atoms with E-state index in [0.717, 1.165) is 13.1 Å². The number of carbonyl (C=O) groups is 1. The highest BCUT2D eigenvalue weighted by atomic mass is 16.1. The zero-order chi connectivity index (χ0) is 12.0. The van der Waals surface area contributed by atoms with Crippen molar-refractivity contribution in [2.24, 2.45) is 0 Å². The molecule has 1 aromatic heterocycles. The molecular weight excluding hydrogens is 202 g/mol. The van der Waals surface area contributed by atoms with Crippen LogP contribution in [0.4, 0.5) is 0 Å². The minimum absolute atomic E-state index is 0.0459. The fourth-order valence-corrected chi connectivity index (χ4v) is 1.60. The average Bonchev–Trinajstić information content (AvgIpc) is 2.64. The first-order valence-electron chi connectivity index (χ1n) is 5.77. The van der Waals surface area contributed by atoms with Gasteiger partial charge < -0.3 is 15.2 Å². The molecule has 0 fully saturated rings. The lowest BCUT2D eigenvalue weighted by atomic mass is 10.3. The Hall–Kier alpha value is -1.29. The summed E-state index contributed by atoms with van der Waals surface area (Å²) < 4.78 is 2.16. The van der Waals surface area contributed by atoms with E-state index in [0.29, 0.717) is 6.54 Å². The van der Waals surface area contributed by atoms with Gasteiger partial charge in [-0.3, -0.25) is 4.79 Å². The smallest absolute Gasteiger partial charge is 0.234 e. The number of aromatic nitrogens is 1. The fraction of sp³-hybridized carbons (Fsp3) is 0.583. The van der Waals surface area contributed by atoms with Crippen LogP contribution in [0.3, 0.4) is 0 Å². The van der Waals surface area contributed by atoms with Crippen LogP contribution in [0.5, 0.6) is 0 Å². The van der Waals surface area contributed by atoms with Crippen molar-refractivity contribution in [3.05, 3.63) is 24.0 Å². The Morgan fingerprint density at radius 3 is 2.88 bits per heavy atom. The number of nitrogens with one attached hydrogen (secondary N) is 2. The molecule has 1 rings (SSSR count). The zero-order valence-electron chi connectivity index (χ0n) is 10.3. The molecule has 4 nitrogen and oxygen atoms in total. The minimum atomic E-state index is 0.0459. The highest BCUT2D eigenvalue weighted by Gasteiger charge is 2.03. The Kier molecular flexibility index (Phi) is 5.05. The number of carbonyl (C=O) groups excluding carboxylic acids is 1. The molecule has 2 N–H and O–H groups in total. The largest absolute Gasteiger partial charge is 0.353 e. The van der Waals surface area contributed by atoms with Gasteiger partial charge in [-0.05, 0) is 32.9 Å². The van der Waals surface area contributed by atoms with E-state index in [1.54, 1.807) is 0 Å². The maximum Gasteiger partial charge on any atom is 0.234 e. The molecule has 0 aliphatic rings. The molecule has 0 bridgehead atoms. The van der Waals surface area contributed by atoms with Crippen molar-refractivity contribution in [2.45, 2.75) is 39.9 Å². The summed E-state index contributed by atoms with van der Waals surface area (Å²) in [5.74, 6) is 0.0459. The summed E-state index contributed by atoms with van der Waals surface area (Å²) in [6, 6.07) is 4.29. The highest BCUT2D eigenvalue weighted by molar-refractivity contribution is 5.78. The van der Waals surface area contributed by atoms with Gasteiger partial charge in [-0.15, -0.1) is 0 Å². The topological polar surface area (TPSA) is 46.1 Å². The van der Waals surface area contributed by atoms with Crippen LogP contribution in [-0.2, 0) is 17.9 Å². The van der Waals surface area contributed by atoms with Crippen molar-refractivity contribution in [1.29, 1.82) is 0 Å². The van der Waals surface area contributed by atoms with Gasteiger partial charge in [-0.25, -0.2) is 0 Å². The molecule has 1 amide bonds. The molecule has 0 aromatic carbocycles. The summed E-state index contributed by atoms with van der Waals surface area (Å²) in [4.78, 5) is 11.4. The lowest BCUT2D eigenvalue weighted by Gasteiger charge is -2.10. The molecule has 1 heterocycles. The molecule has 0 saturated carbocycles. The summed E-state index contributed by atoms with van der Waals surface area (Å²) >= 11 is 0. The van der Waals surface area contributed by atoms with Crippen LogP contribution < -0.4 is 10.6 Å². The Balaban J connectivity index is 2.28. The second-order valence-corrected chi connectivity index (χ2v) is 4.11. The van der Waals surface area contributed by atoms with Crippen LogP contribution in [-0.4, -0.2) is 23.1 Å². The second kappa shape index (κ2) is 6.33. The molecule has 4 heteroatoms. The summed E-state index contributed by atoms with van der Waals surface area (Å²) in [6.45, 7) is 8.08. The van der Waals surface area contributed by atoms with Gasteiger partial charge in [0.05, 0.1) is 6.54 Å². The number of amides is 1. The van der Waals surface area contributed by atoms with E-state index in [1.807, 2.05) is 26.1 Å². The van der Waals surface area contributed by atoms with Crippen LogP contribution in [0, 0.1) is 0 Å². The Labute approximate surface area is 97.0 Å². The monoisotopic (exact) mass is 223 g/mol. The number of rotatable bonds is 6. The maximum atomic E-state index is 11.4. The third-order valence-corrected chi connectivity index (χ3v) is 2.31. The van der Waals surface area contributed by atoms with Gasteiger partial charge in [0.1, 0.15) is 0 Å². The van der Waals surface area contributed by atoms with Crippen molar-refractivity contribution < 1.29 is 4.79 Å². The average molecular weight is 223 g/mol. The van der Waals surface area contributed by atoms with Crippen molar-refractivity contribution >= 4 is 5.91 Å². The summed E-state index contributed by atoms with van der Waals surface area (Å²) in [6.07, 6.45) is 2.05. The Morgan fingerprint density at radius 2 is 2.25 bits per heavy atom. The summed E-state index contributed by atoms with van der Waals surface area (Å²) in [7, 11) is 0. The van der Waals surface area contributed by atoms with E-state index >= 15 is 0 Å². The van der Waals surface area contributed by atoms with Gasteiger partial charge in [0, 0.05) is 31.0 Å². The molecule has 16 heavy (non-hydrogen) atoms. The van der Waals surface area contributed by atoms with E-state index in [4.69, 9.17) is 0 Å². The van der Waals surface area contributed by atoms with Crippen LogP contribution in [0.2, 0.25) is 0 Å². The van der Waals surface area contributed by atoms with Gasteiger partial charge in [0.25, 0.3) is 0 Å². The highest BCUT2D eigenvalue weighted by Crippen LogP contribution is 2.00. The predicted octanol–water partition coefficient (Wildman–Crippen LogP) is 1.12. The van der Waals surface area contributed by atoms with Gasteiger partial charge in [0.2, 0.25) is 5.91 Å². The third-order valence-electron chi connectivity index (χ3n) is 2.31. The van der Waals surface area contributed by atoms with E-state index < -0.39 is 0 Å². The van der Waals surface area contributed by atoms with Gasteiger partial charge >= 0.3 is 0 Å². The first-order valence-corrected chi connectivity index (χ1v) is 5.77. The number of hydrogen-bond donors (Lipinski definition) is 2. The predicted molar refractivity (Wildman–Crippen MR) is 65.1 cm³/mol. The first kappa shape index (κ1) is 12.8. The normalized spacial score (nSPS) is 10.8. The molecule has 0 aliphatic heterocycles. The van der Waals surface area contributed by atoms with Gasteiger partial charge in [-0.1, -0.05) is 0 Å². The van der Waals surface area contributed by atoms with Crippen molar-refractivity contribution in [1.82, 2.24) is 15.2 Å². The van der Waals surface area contributed by atoms with Crippen LogP contribution in [0.25, 0.3) is 0 Å². The van der Waals surface area contributed by atoms with Crippen molar-refractivity contribution in [2.75, 3.05) is 6.54 Å². The fourth-order valence-electron chi connectivity index (χ4n) is 1.60. The minimum Gasteiger partial charge on any atom is -0.353 e. The molecule has 0 radical (unpaired) electrons. The van der Waals surface area contributed by atoms with Crippen LogP contribution >= 0.6 is 0 Å². The molecule has 0 aliphatic carbocycles. The third kappa shape index (κ3) is 4.06. The SMILES string of the molecule is CCn1cccc1CNCC(=O)NC(C)C.